The lowest BCUT2D eigenvalue weighted by atomic mass is 10.2. The van der Waals surface area contributed by atoms with Crippen LogP contribution in [0.25, 0.3) is 10.1 Å². The predicted molar refractivity (Wildman–Crippen MR) is 94.0 cm³/mol. The maximum absolute atomic E-state index is 12.1. The van der Waals surface area contributed by atoms with E-state index in [2.05, 4.69) is 10.6 Å². The number of ether oxygens (including phenoxy) is 1. The third kappa shape index (κ3) is 2.93. The normalized spacial score (nSPS) is 10.5. The highest BCUT2D eigenvalue weighted by molar-refractivity contribution is 7.21. The maximum Gasteiger partial charge on any atom is 0.265 e. The van der Waals surface area contributed by atoms with Crippen LogP contribution >= 0.6 is 22.7 Å². The number of hydrogen-bond donors (Lipinski definition) is 2. The van der Waals surface area contributed by atoms with Gasteiger partial charge in [0.2, 0.25) is 0 Å². The Balaban J connectivity index is 1.98. The molecular weight excluding hydrogens is 332 g/mol. The van der Waals surface area contributed by atoms with E-state index in [0.717, 1.165) is 10.1 Å². The fourth-order valence-corrected chi connectivity index (χ4v) is 3.94. The van der Waals surface area contributed by atoms with Gasteiger partial charge in [0.15, 0.2) is 0 Å². The van der Waals surface area contributed by atoms with Gasteiger partial charge in [0.05, 0.1) is 12.0 Å². The van der Waals surface area contributed by atoms with E-state index in [-0.39, 0.29) is 11.8 Å². The maximum atomic E-state index is 12.1. The number of methoxy groups -OCH3 is 1. The van der Waals surface area contributed by atoms with E-state index in [0.29, 0.717) is 21.2 Å². The smallest absolute Gasteiger partial charge is 0.265 e. The molecule has 2 aromatic heterocycles. The van der Waals surface area contributed by atoms with Crippen LogP contribution in [0, 0.1) is 0 Å². The molecule has 23 heavy (non-hydrogen) atoms. The lowest BCUT2D eigenvalue weighted by molar-refractivity contribution is 0.0963. The number of amides is 2. The zero-order valence-electron chi connectivity index (χ0n) is 12.5. The van der Waals surface area contributed by atoms with Crippen molar-refractivity contribution in [2.75, 3.05) is 19.5 Å². The van der Waals surface area contributed by atoms with Crippen LogP contribution in [0.4, 0.5) is 5.69 Å². The fraction of sp³-hybridized carbons (Fsp3) is 0.125. The average molecular weight is 346 g/mol. The summed E-state index contributed by atoms with van der Waals surface area (Å²) in [5.41, 5.74) is 0.662. The first-order valence-corrected chi connectivity index (χ1v) is 8.51. The number of fused-ring (bicyclic) bond motifs is 1. The lowest BCUT2D eigenvalue weighted by Crippen LogP contribution is -2.16. The summed E-state index contributed by atoms with van der Waals surface area (Å²) < 4.78 is 6.32. The number of anilines is 1. The number of carbonyl (C=O) groups is 2. The number of thiophene rings is 2. The van der Waals surface area contributed by atoms with Crippen LogP contribution in [-0.2, 0) is 0 Å². The molecule has 0 aliphatic rings. The number of carbonyl (C=O) groups excluding carboxylic acids is 2. The quantitative estimate of drug-likeness (QED) is 0.759. The Morgan fingerprint density at radius 1 is 1.17 bits per heavy atom. The van der Waals surface area contributed by atoms with Gasteiger partial charge in [0.25, 0.3) is 11.8 Å². The lowest BCUT2D eigenvalue weighted by Gasteiger charge is -2.05. The van der Waals surface area contributed by atoms with Gasteiger partial charge in [0, 0.05) is 22.8 Å². The largest absolute Gasteiger partial charge is 0.494 e. The molecule has 3 rings (SSSR count). The first kappa shape index (κ1) is 15.5. The number of hydrogen-bond acceptors (Lipinski definition) is 5. The van der Waals surface area contributed by atoms with Crippen LogP contribution in [-0.4, -0.2) is 26.0 Å². The molecule has 0 aliphatic heterocycles. The minimum atomic E-state index is -0.188. The molecule has 2 N–H and O–H groups in total. The van der Waals surface area contributed by atoms with E-state index in [1.807, 2.05) is 29.6 Å². The van der Waals surface area contributed by atoms with Crippen LogP contribution in [0.2, 0.25) is 0 Å². The summed E-state index contributed by atoms with van der Waals surface area (Å²) in [4.78, 5) is 25.2. The second-order valence-corrected chi connectivity index (χ2v) is 6.69. The van der Waals surface area contributed by atoms with Crippen molar-refractivity contribution in [1.29, 1.82) is 0 Å². The second kappa shape index (κ2) is 6.39. The zero-order valence-corrected chi connectivity index (χ0v) is 14.1. The summed E-state index contributed by atoms with van der Waals surface area (Å²) in [7, 11) is 3.11. The summed E-state index contributed by atoms with van der Waals surface area (Å²) in [6.07, 6.45) is 0. The van der Waals surface area contributed by atoms with Gasteiger partial charge >= 0.3 is 0 Å². The van der Waals surface area contributed by atoms with E-state index >= 15 is 0 Å². The minimum Gasteiger partial charge on any atom is -0.494 e. The van der Waals surface area contributed by atoms with Crippen LogP contribution in [0.3, 0.4) is 0 Å². The molecule has 0 spiro atoms. The van der Waals surface area contributed by atoms with Crippen LogP contribution in [0.15, 0.2) is 35.7 Å². The van der Waals surface area contributed by atoms with Gasteiger partial charge in [0.1, 0.15) is 10.6 Å². The zero-order chi connectivity index (χ0) is 16.4. The SMILES string of the molecule is CNC(=O)c1sc2ccc(NC(=O)c3cccs3)cc2c1OC. The summed E-state index contributed by atoms with van der Waals surface area (Å²) in [6.45, 7) is 0. The Morgan fingerprint density at radius 3 is 2.65 bits per heavy atom. The summed E-state index contributed by atoms with van der Waals surface area (Å²) in [5, 5.41) is 8.13. The Bertz CT molecular complexity index is 869. The highest BCUT2D eigenvalue weighted by Crippen LogP contribution is 2.39. The molecule has 2 amide bonds. The third-order valence-electron chi connectivity index (χ3n) is 3.28. The predicted octanol–water partition coefficient (Wildman–Crippen LogP) is 3.58. The standard InChI is InChI=1S/C16H14N2O3S2/c1-17-16(20)14-13(21-2)10-8-9(5-6-11(10)23-14)18-15(19)12-4-3-7-22-12/h3-8H,1-2H3,(H,17,20)(H,18,19). The van der Waals surface area contributed by atoms with Gasteiger partial charge in [-0.15, -0.1) is 22.7 Å². The Morgan fingerprint density at radius 2 is 2.00 bits per heavy atom. The summed E-state index contributed by atoms with van der Waals surface area (Å²) in [5.74, 6) is 0.184. The topological polar surface area (TPSA) is 67.4 Å². The molecule has 118 valence electrons. The first-order chi connectivity index (χ1) is 11.1. The van der Waals surface area contributed by atoms with E-state index < -0.39 is 0 Å². The van der Waals surface area contributed by atoms with Crippen molar-refractivity contribution < 1.29 is 14.3 Å². The number of rotatable bonds is 4. The van der Waals surface area contributed by atoms with Crippen molar-refractivity contribution in [2.24, 2.45) is 0 Å². The fourth-order valence-electron chi connectivity index (χ4n) is 2.22. The Kier molecular flexibility index (Phi) is 4.31. The van der Waals surface area contributed by atoms with Gasteiger partial charge in [-0.05, 0) is 29.6 Å². The molecule has 0 saturated carbocycles. The molecule has 0 radical (unpaired) electrons. The summed E-state index contributed by atoms with van der Waals surface area (Å²) >= 11 is 2.74. The molecule has 0 unspecified atom stereocenters. The Hall–Kier alpha value is -2.38. The van der Waals surface area contributed by atoms with Crippen molar-refractivity contribution in [1.82, 2.24) is 5.32 Å². The van der Waals surface area contributed by atoms with Crippen LogP contribution < -0.4 is 15.4 Å². The van der Waals surface area contributed by atoms with Gasteiger partial charge in [-0.3, -0.25) is 9.59 Å². The van der Waals surface area contributed by atoms with Crippen molar-refractivity contribution >= 4 is 50.3 Å². The second-order valence-electron chi connectivity index (χ2n) is 4.69. The van der Waals surface area contributed by atoms with Gasteiger partial charge in [-0.1, -0.05) is 6.07 Å². The van der Waals surface area contributed by atoms with Crippen molar-refractivity contribution in [3.05, 3.63) is 45.5 Å². The molecule has 5 nitrogen and oxygen atoms in total. The Labute approximate surface area is 140 Å². The monoisotopic (exact) mass is 346 g/mol. The summed E-state index contributed by atoms with van der Waals surface area (Å²) in [6, 6.07) is 9.12. The molecule has 0 bridgehead atoms. The highest BCUT2D eigenvalue weighted by Gasteiger charge is 2.19. The highest BCUT2D eigenvalue weighted by atomic mass is 32.1. The van der Waals surface area contributed by atoms with Crippen LogP contribution in [0.5, 0.6) is 5.75 Å². The van der Waals surface area contributed by atoms with E-state index in [4.69, 9.17) is 4.74 Å². The van der Waals surface area contributed by atoms with E-state index in [1.54, 1.807) is 13.1 Å². The number of nitrogens with one attached hydrogen (secondary N) is 2. The number of benzene rings is 1. The van der Waals surface area contributed by atoms with Gasteiger partial charge < -0.3 is 15.4 Å². The first-order valence-electron chi connectivity index (χ1n) is 6.81. The van der Waals surface area contributed by atoms with Crippen molar-refractivity contribution in [2.45, 2.75) is 0 Å². The third-order valence-corrected chi connectivity index (χ3v) is 5.30. The molecule has 0 atom stereocenters. The molecule has 0 fully saturated rings. The molecule has 1 aromatic carbocycles. The molecular formula is C16H14N2O3S2. The van der Waals surface area contributed by atoms with Gasteiger partial charge in [-0.25, -0.2) is 0 Å². The molecule has 3 aromatic rings. The molecule has 7 heteroatoms. The molecule has 2 heterocycles. The van der Waals surface area contributed by atoms with Crippen LogP contribution in [0.1, 0.15) is 19.3 Å². The molecule has 0 saturated heterocycles. The molecule has 0 aliphatic carbocycles. The van der Waals surface area contributed by atoms with E-state index in [9.17, 15) is 9.59 Å². The average Bonchev–Trinajstić information content (AvgIpc) is 3.21. The van der Waals surface area contributed by atoms with E-state index in [1.165, 1.54) is 29.8 Å². The minimum absolute atomic E-state index is 0.153. The van der Waals surface area contributed by atoms with Crippen molar-refractivity contribution in [3.8, 4) is 5.75 Å². The van der Waals surface area contributed by atoms with Crippen molar-refractivity contribution in [3.63, 3.8) is 0 Å². The van der Waals surface area contributed by atoms with Gasteiger partial charge in [-0.2, -0.15) is 0 Å².